The molecule has 6 nitrogen and oxygen atoms in total. The monoisotopic (exact) mass is 459 g/mol. The third-order valence-electron chi connectivity index (χ3n) is 6.17. The van der Waals surface area contributed by atoms with Crippen LogP contribution in [0.3, 0.4) is 0 Å². The fraction of sp³-hybridized carbons (Fsp3) is 0.440. The van der Waals surface area contributed by atoms with Crippen LogP contribution in [0.4, 0.5) is 5.69 Å². The van der Waals surface area contributed by atoms with E-state index in [0.29, 0.717) is 29.5 Å². The van der Waals surface area contributed by atoms with Crippen molar-refractivity contribution >= 4 is 17.5 Å². The van der Waals surface area contributed by atoms with Crippen LogP contribution in [0, 0.1) is 0 Å². The summed E-state index contributed by atoms with van der Waals surface area (Å²) in [6, 6.07) is 16.4. The van der Waals surface area contributed by atoms with Crippen molar-refractivity contribution in [1.29, 1.82) is 0 Å². The second-order valence-corrected chi connectivity index (χ2v) is 8.22. The Morgan fingerprint density at radius 3 is 2.44 bits per heavy atom. The van der Waals surface area contributed by atoms with Crippen molar-refractivity contribution < 1.29 is 31.6 Å². The molecule has 32 heavy (non-hydrogen) atoms. The Bertz CT molecular complexity index is 883. The number of rotatable bonds is 8. The van der Waals surface area contributed by atoms with Gasteiger partial charge in [0.2, 0.25) is 5.91 Å². The number of anilines is 1. The van der Waals surface area contributed by atoms with Crippen LogP contribution < -0.4 is 27.4 Å². The van der Waals surface area contributed by atoms with Crippen LogP contribution in [0.5, 0.6) is 5.75 Å². The van der Waals surface area contributed by atoms with E-state index in [-0.39, 0.29) is 24.2 Å². The summed E-state index contributed by atoms with van der Waals surface area (Å²) in [5, 5.41) is 2.81. The summed E-state index contributed by atoms with van der Waals surface area (Å²) in [6.07, 6.45) is 3.48. The Balaban J connectivity index is 0.00000363. The van der Waals surface area contributed by atoms with Crippen LogP contribution in [0.1, 0.15) is 42.1 Å². The van der Waals surface area contributed by atoms with Crippen LogP contribution in [-0.2, 0) is 11.2 Å². The molecule has 1 unspecified atom stereocenters. The van der Waals surface area contributed by atoms with E-state index in [9.17, 15) is 9.59 Å². The molecule has 0 spiro atoms. The van der Waals surface area contributed by atoms with Gasteiger partial charge in [-0.25, -0.2) is 0 Å². The molecular weight excluding hydrogens is 426 g/mol. The standard InChI is InChI=1S/C25H33N3O3.ClH/c1-4-24(29)26-22-11-10-20(18-23(22)31-3)25(30)28-16-13-21(14-17-28)27(2)15-12-19-8-6-5-7-9-19;/h5-11,18,21H,4,12-17H2,1-3H3,(H,26,29);1H. The van der Waals surface area contributed by atoms with E-state index in [4.69, 9.17) is 4.74 Å². The molecule has 2 amide bonds. The number of carbonyl (C=O) groups excluding carboxylic acids is 2. The predicted octanol–water partition coefficient (Wildman–Crippen LogP) is -0.590. The number of hydrogen-bond donors (Lipinski definition) is 2. The van der Waals surface area contributed by atoms with Gasteiger partial charge >= 0.3 is 0 Å². The molecule has 0 saturated carbocycles. The van der Waals surface area contributed by atoms with Crippen LogP contribution in [0.25, 0.3) is 0 Å². The molecule has 1 fully saturated rings. The fourth-order valence-corrected chi connectivity index (χ4v) is 4.11. The maximum absolute atomic E-state index is 13.0. The van der Waals surface area contributed by atoms with E-state index in [1.54, 1.807) is 32.2 Å². The molecule has 1 saturated heterocycles. The summed E-state index contributed by atoms with van der Waals surface area (Å²) in [6.45, 7) is 4.43. The van der Waals surface area contributed by atoms with Crippen molar-refractivity contribution in [2.75, 3.05) is 39.1 Å². The molecule has 2 aromatic rings. The number of likely N-dealkylation sites (N-methyl/N-ethyl adjacent to an activating group) is 1. The molecule has 0 bridgehead atoms. The Kier molecular flexibility index (Phi) is 10.0. The molecular formula is C25H34ClN3O3. The Hall–Kier alpha value is -2.57. The molecule has 1 atom stereocenters. The summed E-state index contributed by atoms with van der Waals surface area (Å²) in [5.74, 6) is 0.443. The fourth-order valence-electron chi connectivity index (χ4n) is 4.11. The van der Waals surface area contributed by atoms with Crippen molar-refractivity contribution in [3.63, 3.8) is 0 Å². The Labute approximate surface area is 197 Å². The van der Waals surface area contributed by atoms with Crippen LogP contribution in [-0.4, -0.2) is 56.5 Å². The van der Waals surface area contributed by atoms with Gasteiger partial charge in [-0.1, -0.05) is 37.3 Å². The lowest BCUT2D eigenvalue weighted by atomic mass is 10.0. The number of ether oxygens (including phenoxy) is 1. The molecule has 2 N–H and O–H groups in total. The predicted molar refractivity (Wildman–Crippen MR) is 123 cm³/mol. The first-order valence-electron chi connectivity index (χ1n) is 11.1. The number of hydrogen-bond acceptors (Lipinski definition) is 3. The van der Waals surface area contributed by atoms with E-state index < -0.39 is 0 Å². The van der Waals surface area contributed by atoms with Gasteiger partial charge in [-0.15, -0.1) is 0 Å². The van der Waals surface area contributed by atoms with Crippen LogP contribution in [0.15, 0.2) is 48.5 Å². The lowest BCUT2D eigenvalue weighted by Crippen LogP contribution is -3.13. The maximum Gasteiger partial charge on any atom is 0.253 e. The average Bonchev–Trinajstić information content (AvgIpc) is 2.83. The topological polar surface area (TPSA) is 63.1 Å². The molecule has 0 aliphatic carbocycles. The van der Waals surface area contributed by atoms with Crippen molar-refractivity contribution in [2.24, 2.45) is 0 Å². The van der Waals surface area contributed by atoms with Crippen molar-refractivity contribution in [3.8, 4) is 5.75 Å². The normalized spacial score (nSPS) is 14.9. The highest BCUT2D eigenvalue weighted by Gasteiger charge is 2.28. The zero-order valence-corrected chi connectivity index (χ0v) is 20.0. The van der Waals surface area contributed by atoms with Gasteiger partial charge in [-0.3, -0.25) is 9.59 Å². The molecule has 7 heteroatoms. The average molecular weight is 460 g/mol. The Morgan fingerprint density at radius 2 is 1.81 bits per heavy atom. The van der Waals surface area contributed by atoms with E-state index in [1.807, 2.05) is 4.90 Å². The number of nitrogens with zero attached hydrogens (tertiary/aromatic N) is 1. The van der Waals surface area contributed by atoms with Gasteiger partial charge in [0.25, 0.3) is 5.91 Å². The molecule has 174 valence electrons. The number of amides is 2. The van der Waals surface area contributed by atoms with E-state index in [0.717, 1.165) is 38.9 Å². The van der Waals surface area contributed by atoms with Gasteiger partial charge in [0.15, 0.2) is 0 Å². The molecule has 1 aliphatic heterocycles. The lowest BCUT2D eigenvalue weighted by Gasteiger charge is -2.34. The summed E-state index contributed by atoms with van der Waals surface area (Å²) >= 11 is 0. The lowest BCUT2D eigenvalue weighted by molar-refractivity contribution is -0.907. The Morgan fingerprint density at radius 1 is 1.12 bits per heavy atom. The van der Waals surface area contributed by atoms with Crippen molar-refractivity contribution in [3.05, 3.63) is 59.7 Å². The number of piperidine rings is 1. The third-order valence-corrected chi connectivity index (χ3v) is 6.17. The van der Waals surface area contributed by atoms with Crippen molar-refractivity contribution in [1.82, 2.24) is 4.90 Å². The quantitative estimate of drug-likeness (QED) is 0.554. The molecule has 1 aliphatic rings. The summed E-state index contributed by atoms with van der Waals surface area (Å²) in [5.41, 5.74) is 2.56. The van der Waals surface area contributed by atoms with Crippen LogP contribution >= 0.6 is 0 Å². The van der Waals surface area contributed by atoms with Gasteiger partial charge in [-0.2, -0.15) is 0 Å². The first-order chi connectivity index (χ1) is 15.0. The number of likely N-dealkylation sites (tertiary alicyclic amines) is 1. The number of quaternary nitrogens is 1. The first-order valence-corrected chi connectivity index (χ1v) is 11.1. The summed E-state index contributed by atoms with van der Waals surface area (Å²) < 4.78 is 5.39. The largest absolute Gasteiger partial charge is 1.00 e. The van der Waals surface area contributed by atoms with E-state index in [2.05, 4.69) is 42.7 Å². The molecule has 2 aromatic carbocycles. The third kappa shape index (κ3) is 6.71. The van der Waals surface area contributed by atoms with Gasteiger partial charge < -0.3 is 32.3 Å². The minimum atomic E-state index is -0.0849. The number of nitrogens with one attached hydrogen (secondary N) is 2. The SMILES string of the molecule is CCC(=O)Nc1ccc(C(=O)N2CCC([NH+](C)CCc3ccccc3)CC2)cc1OC.[Cl-]. The highest BCUT2D eigenvalue weighted by Crippen LogP contribution is 2.27. The zero-order chi connectivity index (χ0) is 22.2. The van der Waals surface area contributed by atoms with E-state index >= 15 is 0 Å². The number of carbonyl (C=O) groups is 2. The molecule has 3 rings (SSSR count). The minimum absolute atomic E-state index is 0. The number of halogens is 1. The summed E-state index contributed by atoms with van der Waals surface area (Å²) in [4.78, 5) is 28.2. The minimum Gasteiger partial charge on any atom is -1.00 e. The highest BCUT2D eigenvalue weighted by molar-refractivity contribution is 5.97. The van der Waals surface area contributed by atoms with Gasteiger partial charge in [0.1, 0.15) is 5.75 Å². The first kappa shape index (κ1) is 25.7. The van der Waals surface area contributed by atoms with Gasteiger partial charge in [-0.05, 0) is 23.8 Å². The molecule has 0 aromatic heterocycles. The van der Waals surface area contributed by atoms with Crippen LogP contribution in [0.2, 0.25) is 0 Å². The number of methoxy groups -OCH3 is 1. The van der Waals surface area contributed by atoms with Gasteiger partial charge in [0.05, 0.1) is 32.4 Å². The smallest absolute Gasteiger partial charge is 0.253 e. The maximum atomic E-state index is 13.0. The zero-order valence-electron chi connectivity index (χ0n) is 19.2. The van der Waals surface area contributed by atoms with Crippen molar-refractivity contribution in [2.45, 2.75) is 38.6 Å². The van der Waals surface area contributed by atoms with Gasteiger partial charge in [0, 0.05) is 44.3 Å². The summed E-state index contributed by atoms with van der Waals surface area (Å²) in [7, 11) is 3.81. The second kappa shape index (κ2) is 12.5. The molecule has 0 radical (unpaired) electrons. The highest BCUT2D eigenvalue weighted by atomic mass is 35.5. The second-order valence-electron chi connectivity index (χ2n) is 8.22. The number of benzene rings is 2. The molecule has 1 heterocycles. The van der Waals surface area contributed by atoms with E-state index in [1.165, 1.54) is 10.5 Å².